The molecule has 1 saturated heterocycles. The van der Waals surface area contributed by atoms with Gasteiger partial charge >= 0.3 is 0 Å². The smallest absolute Gasteiger partial charge is 0.247 e. The predicted molar refractivity (Wildman–Crippen MR) is 73.8 cm³/mol. The van der Waals surface area contributed by atoms with Gasteiger partial charge in [-0.1, -0.05) is 0 Å². The van der Waals surface area contributed by atoms with Gasteiger partial charge in [-0.25, -0.2) is 4.98 Å². The van der Waals surface area contributed by atoms with Crippen molar-refractivity contribution in [3.8, 4) is 0 Å². The van der Waals surface area contributed by atoms with Gasteiger partial charge in [0.25, 0.3) is 0 Å². The van der Waals surface area contributed by atoms with Crippen LogP contribution >= 0.6 is 11.3 Å². The molecule has 2 amide bonds. The molecule has 19 heavy (non-hydrogen) atoms. The van der Waals surface area contributed by atoms with E-state index in [9.17, 15) is 9.59 Å². The molecular weight excluding hydrogens is 262 g/mol. The number of likely N-dealkylation sites (tertiary alicyclic amines) is 1. The lowest BCUT2D eigenvalue weighted by Gasteiger charge is -2.20. The van der Waals surface area contributed by atoms with Crippen LogP contribution in [0.2, 0.25) is 0 Å². The van der Waals surface area contributed by atoms with Crippen LogP contribution in [0.4, 0.5) is 0 Å². The number of thiazole rings is 1. The Hall–Kier alpha value is -1.27. The number of aromatic nitrogens is 1. The fourth-order valence-electron chi connectivity index (χ4n) is 2.27. The van der Waals surface area contributed by atoms with Crippen molar-refractivity contribution in [2.45, 2.75) is 52.2 Å². The van der Waals surface area contributed by atoms with Crippen molar-refractivity contribution < 1.29 is 9.59 Å². The Bertz CT molecular complexity index is 498. The van der Waals surface area contributed by atoms with E-state index in [0.717, 1.165) is 9.88 Å². The topological polar surface area (TPSA) is 62.3 Å². The van der Waals surface area contributed by atoms with Crippen molar-refractivity contribution in [2.75, 3.05) is 0 Å². The lowest BCUT2D eigenvalue weighted by molar-refractivity contribution is -0.140. The first kappa shape index (κ1) is 14.1. The summed E-state index contributed by atoms with van der Waals surface area (Å²) in [7, 11) is 0. The maximum atomic E-state index is 12.2. The maximum absolute atomic E-state index is 12.2. The Labute approximate surface area is 117 Å². The van der Waals surface area contributed by atoms with Gasteiger partial charge in [0.05, 0.1) is 18.5 Å². The van der Waals surface area contributed by atoms with Crippen LogP contribution in [-0.4, -0.2) is 33.8 Å². The summed E-state index contributed by atoms with van der Waals surface area (Å²) >= 11 is 1.60. The van der Waals surface area contributed by atoms with E-state index in [1.54, 1.807) is 11.3 Å². The largest absolute Gasteiger partial charge is 0.297 e. The summed E-state index contributed by atoms with van der Waals surface area (Å²) in [5.41, 5.74) is 0. The molecule has 1 aliphatic rings. The minimum absolute atomic E-state index is 0.0208. The van der Waals surface area contributed by atoms with Crippen molar-refractivity contribution >= 4 is 23.2 Å². The fourth-order valence-corrected chi connectivity index (χ4v) is 3.05. The molecule has 1 aromatic rings. The second kappa shape index (κ2) is 5.38. The van der Waals surface area contributed by atoms with Gasteiger partial charge in [-0.2, -0.15) is 0 Å². The van der Waals surface area contributed by atoms with E-state index in [-0.39, 0.29) is 30.3 Å². The second-order valence-electron chi connectivity index (χ2n) is 5.15. The average Bonchev–Trinajstić information content (AvgIpc) is 2.84. The summed E-state index contributed by atoms with van der Waals surface area (Å²) in [5.74, 6) is -0.222. The highest BCUT2D eigenvalue weighted by atomic mass is 32.1. The molecule has 1 N–H and O–H groups in total. The van der Waals surface area contributed by atoms with E-state index in [1.165, 1.54) is 4.90 Å². The van der Waals surface area contributed by atoms with Crippen LogP contribution in [0.5, 0.6) is 0 Å². The molecular formula is C13H19N3O2S. The first-order valence-electron chi connectivity index (χ1n) is 6.44. The number of imide groups is 1. The third-order valence-electron chi connectivity index (χ3n) is 3.16. The summed E-state index contributed by atoms with van der Waals surface area (Å²) < 4.78 is 0. The molecule has 1 aliphatic heterocycles. The molecule has 104 valence electrons. The van der Waals surface area contributed by atoms with Gasteiger partial charge in [0.1, 0.15) is 5.01 Å². The number of aryl methyl sites for hydroxylation is 1. The normalized spacial score (nSPS) is 21.5. The zero-order chi connectivity index (χ0) is 14.2. The number of carbonyl (C=O) groups excluding carboxylic acids is 2. The molecule has 5 nitrogen and oxygen atoms in total. The monoisotopic (exact) mass is 281 g/mol. The number of rotatable bonds is 4. The van der Waals surface area contributed by atoms with Crippen molar-refractivity contribution in [1.29, 1.82) is 0 Å². The summed E-state index contributed by atoms with van der Waals surface area (Å²) in [5, 5.41) is 4.15. The molecule has 0 saturated carbocycles. The molecule has 6 heteroatoms. The highest BCUT2D eigenvalue weighted by Crippen LogP contribution is 2.23. The third-order valence-corrected chi connectivity index (χ3v) is 4.26. The Morgan fingerprint density at radius 2 is 2.11 bits per heavy atom. The first-order valence-corrected chi connectivity index (χ1v) is 7.26. The Balaban J connectivity index is 2.04. The zero-order valence-corrected chi connectivity index (χ0v) is 12.5. The van der Waals surface area contributed by atoms with Crippen molar-refractivity contribution in [3.05, 3.63) is 16.1 Å². The zero-order valence-electron chi connectivity index (χ0n) is 11.6. The van der Waals surface area contributed by atoms with E-state index in [0.29, 0.717) is 0 Å². The molecule has 1 aromatic heterocycles. The molecule has 2 unspecified atom stereocenters. The molecule has 2 atom stereocenters. The van der Waals surface area contributed by atoms with E-state index >= 15 is 0 Å². The lowest BCUT2D eigenvalue weighted by Crippen LogP contribution is -2.42. The first-order chi connectivity index (χ1) is 8.90. The Morgan fingerprint density at radius 3 is 2.58 bits per heavy atom. The van der Waals surface area contributed by atoms with Crippen LogP contribution in [0.3, 0.4) is 0 Å². The highest BCUT2D eigenvalue weighted by molar-refractivity contribution is 7.11. The van der Waals surface area contributed by atoms with Crippen molar-refractivity contribution in [3.63, 3.8) is 0 Å². The predicted octanol–water partition coefficient (Wildman–Crippen LogP) is 1.64. The van der Waals surface area contributed by atoms with Crippen LogP contribution in [0, 0.1) is 6.92 Å². The molecule has 2 heterocycles. The van der Waals surface area contributed by atoms with Gasteiger partial charge in [0, 0.05) is 17.1 Å². The fraction of sp³-hybridized carbons (Fsp3) is 0.615. The standard InChI is InChI=1S/C13H19N3O2S/c1-7(2)16-11(17)5-10(13(16)18)15-9(4)12-14-6-8(3)19-12/h6-7,9-10,15H,5H2,1-4H3. The molecule has 0 aliphatic carbocycles. The minimum atomic E-state index is -0.422. The van der Waals surface area contributed by atoms with Gasteiger partial charge in [-0.3, -0.25) is 19.8 Å². The van der Waals surface area contributed by atoms with Gasteiger partial charge in [0.15, 0.2) is 0 Å². The molecule has 0 radical (unpaired) electrons. The van der Waals surface area contributed by atoms with Gasteiger partial charge in [-0.05, 0) is 27.7 Å². The van der Waals surface area contributed by atoms with Crippen LogP contribution in [0.15, 0.2) is 6.20 Å². The molecule has 0 aromatic carbocycles. The van der Waals surface area contributed by atoms with Crippen molar-refractivity contribution in [1.82, 2.24) is 15.2 Å². The van der Waals surface area contributed by atoms with Gasteiger partial charge in [-0.15, -0.1) is 11.3 Å². The second-order valence-corrected chi connectivity index (χ2v) is 6.42. The van der Waals surface area contributed by atoms with Gasteiger partial charge < -0.3 is 0 Å². The van der Waals surface area contributed by atoms with Crippen molar-refractivity contribution in [2.24, 2.45) is 0 Å². The maximum Gasteiger partial charge on any atom is 0.247 e. The quantitative estimate of drug-likeness (QED) is 0.852. The molecule has 0 spiro atoms. The number of nitrogens with one attached hydrogen (secondary N) is 1. The third kappa shape index (κ3) is 2.84. The van der Waals surface area contributed by atoms with Crippen LogP contribution < -0.4 is 5.32 Å². The lowest BCUT2D eigenvalue weighted by atomic mass is 10.2. The summed E-state index contributed by atoms with van der Waals surface area (Å²) in [6, 6.07) is -0.522. The van der Waals surface area contributed by atoms with E-state index < -0.39 is 6.04 Å². The van der Waals surface area contributed by atoms with Crippen LogP contribution in [-0.2, 0) is 9.59 Å². The van der Waals surface area contributed by atoms with Crippen LogP contribution in [0.1, 0.15) is 43.1 Å². The van der Waals surface area contributed by atoms with E-state index in [4.69, 9.17) is 0 Å². The molecule has 2 rings (SSSR count). The Kier molecular flexibility index (Phi) is 4.01. The summed E-state index contributed by atoms with van der Waals surface area (Å²) in [6.45, 7) is 7.67. The minimum Gasteiger partial charge on any atom is -0.297 e. The molecule has 0 bridgehead atoms. The highest BCUT2D eigenvalue weighted by Gasteiger charge is 2.40. The average molecular weight is 281 g/mol. The summed E-state index contributed by atoms with van der Waals surface area (Å²) in [6.07, 6.45) is 2.06. The number of hydrogen-bond acceptors (Lipinski definition) is 5. The Morgan fingerprint density at radius 1 is 1.42 bits per heavy atom. The summed E-state index contributed by atoms with van der Waals surface area (Å²) in [4.78, 5) is 30.8. The van der Waals surface area contributed by atoms with Crippen LogP contribution in [0.25, 0.3) is 0 Å². The number of hydrogen-bond donors (Lipinski definition) is 1. The van der Waals surface area contributed by atoms with E-state index in [2.05, 4.69) is 10.3 Å². The molecule has 1 fully saturated rings. The number of nitrogens with zero attached hydrogens (tertiary/aromatic N) is 2. The number of amides is 2. The SMILES string of the molecule is Cc1cnc(C(C)NC2CC(=O)N(C(C)C)C2=O)s1. The van der Waals surface area contributed by atoms with Gasteiger partial charge in [0.2, 0.25) is 11.8 Å². The van der Waals surface area contributed by atoms with E-state index in [1.807, 2.05) is 33.9 Å². The number of carbonyl (C=O) groups is 2.